The Kier molecular flexibility index (Phi) is 1.99. The number of aromatic nitrogens is 2. The van der Waals surface area contributed by atoms with Gasteiger partial charge in [-0.3, -0.25) is 4.98 Å². The van der Waals surface area contributed by atoms with Gasteiger partial charge >= 0.3 is 5.95 Å². The van der Waals surface area contributed by atoms with Crippen molar-refractivity contribution in [1.82, 2.24) is 9.97 Å². The summed E-state index contributed by atoms with van der Waals surface area (Å²) in [5, 5.41) is 8.42. The molecule has 1 heterocycles. The van der Waals surface area contributed by atoms with E-state index in [9.17, 15) is 4.79 Å². The summed E-state index contributed by atoms with van der Waals surface area (Å²) in [6, 6.07) is 1.68. The van der Waals surface area contributed by atoms with E-state index in [0.29, 0.717) is 0 Å². The van der Waals surface area contributed by atoms with Gasteiger partial charge in [0.2, 0.25) is 6.08 Å². The van der Waals surface area contributed by atoms with Crippen LogP contribution in [0.5, 0.6) is 0 Å². The molecular formula is C6HN5O. The van der Waals surface area contributed by atoms with E-state index in [1.54, 1.807) is 6.07 Å². The Balaban J connectivity index is 3.27. The highest BCUT2D eigenvalue weighted by Gasteiger charge is 2.08. The van der Waals surface area contributed by atoms with Crippen molar-refractivity contribution in [3.05, 3.63) is 17.1 Å². The highest BCUT2D eigenvalue weighted by molar-refractivity contribution is 5.54. The molecule has 0 radical (unpaired) electrons. The van der Waals surface area contributed by atoms with Crippen LogP contribution in [0.2, 0.25) is 0 Å². The molecule has 0 unspecified atom stereocenters. The summed E-state index contributed by atoms with van der Waals surface area (Å²) >= 11 is 0. The van der Waals surface area contributed by atoms with Crippen molar-refractivity contribution in [2.45, 2.75) is 0 Å². The molecule has 1 aromatic rings. The molecule has 1 N–H and O–H groups in total. The minimum atomic E-state index is -0.0763. The van der Waals surface area contributed by atoms with E-state index in [4.69, 9.17) is 11.8 Å². The number of aliphatic imine (C=N–C) groups is 1. The first kappa shape index (κ1) is 7.67. The van der Waals surface area contributed by atoms with Crippen LogP contribution in [-0.4, -0.2) is 16.0 Å². The van der Waals surface area contributed by atoms with Gasteiger partial charge in [-0.25, -0.2) is 4.79 Å². The number of rotatable bonds is 1. The predicted molar refractivity (Wildman–Crippen MR) is 37.3 cm³/mol. The maximum absolute atomic E-state index is 9.76. The highest BCUT2D eigenvalue weighted by atomic mass is 16.1. The first-order valence-electron chi connectivity index (χ1n) is 2.77. The molecule has 1 aromatic heterocycles. The second-order valence-corrected chi connectivity index (χ2v) is 1.68. The van der Waals surface area contributed by atoms with Crippen molar-refractivity contribution in [3.8, 4) is 6.07 Å². The molecule has 0 aliphatic carbocycles. The third-order valence-corrected chi connectivity index (χ3v) is 1.04. The average molecular weight is 159 g/mol. The van der Waals surface area contributed by atoms with Gasteiger partial charge in [-0.1, -0.05) is 6.57 Å². The Bertz CT molecular complexity index is 394. The molecule has 0 aliphatic rings. The molecule has 0 atom stereocenters. The fourth-order valence-corrected chi connectivity index (χ4v) is 0.607. The Hall–Kier alpha value is -2.43. The molecule has 0 bridgehead atoms. The molecule has 0 aromatic carbocycles. The van der Waals surface area contributed by atoms with Crippen LogP contribution in [0.3, 0.4) is 0 Å². The smallest absolute Gasteiger partial charge is 0.314 e. The number of aromatic amines is 1. The summed E-state index contributed by atoms with van der Waals surface area (Å²) in [5.74, 6) is -0.0981. The van der Waals surface area contributed by atoms with Crippen LogP contribution in [0.25, 0.3) is 4.85 Å². The normalized spacial score (nSPS) is 7.83. The summed E-state index contributed by atoms with van der Waals surface area (Å²) in [6.07, 6.45) is 1.24. The summed E-state index contributed by atoms with van der Waals surface area (Å²) in [5.41, 5.74) is -0.0704. The Labute approximate surface area is 67.0 Å². The largest absolute Gasteiger partial charge is 0.361 e. The Morgan fingerprint density at radius 3 is 2.92 bits per heavy atom. The standard InChI is InChI=1S/C6HN5O/c1-8-5-4(2-7)10-6(11-5)9-3-12/h(H,10,11). The zero-order chi connectivity index (χ0) is 8.97. The maximum Gasteiger partial charge on any atom is 0.314 e. The monoisotopic (exact) mass is 159 g/mol. The molecule has 6 heteroatoms. The van der Waals surface area contributed by atoms with Crippen molar-refractivity contribution in [2.75, 3.05) is 0 Å². The van der Waals surface area contributed by atoms with Gasteiger partial charge in [0, 0.05) is 0 Å². The lowest BCUT2D eigenvalue weighted by Gasteiger charge is -1.76. The highest BCUT2D eigenvalue weighted by Crippen LogP contribution is 2.18. The van der Waals surface area contributed by atoms with Crippen LogP contribution in [0.4, 0.5) is 11.8 Å². The van der Waals surface area contributed by atoms with E-state index < -0.39 is 0 Å². The third kappa shape index (κ3) is 1.19. The summed E-state index contributed by atoms with van der Waals surface area (Å²) in [6.45, 7) is 6.60. The van der Waals surface area contributed by atoms with Crippen molar-refractivity contribution in [2.24, 2.45) is 4.99 Å². The van der Waals surface area contributed by atoms with E-state index in [1.165, 1.54) is 6.08 Å². The molecular weight excluding hydrogens is 158 g/mol. The van der Waals surface area contributed by atoms with E-state index in [2.05, 4.69) is 19.8 Å². The minimum Gasteiger partial charge on any atom is -0.361 e. The van der Waals surface area contributed by atoms with Gasteiger partial charge in [-0.2, -0.15) is 10.2 Å². The van der Waals surface area contributed by atoms with Gasteiger partial charge in [0.1, 0.15) is 6.07 Å². The predicted octanol–water partition coefficient (Wildman–Crippen LogP) is 0.799. The van der Waals surface area contributed by atoms with Crippen molar-refractivity contribution < 1.29 is 4.79 Å². The van der Waals surface area contributed by atoms with E-state index in [0.717, 1.165) is 0 Å². The molecule has 0 fully saturated rings. The molecule has 6 nitrogen and oxygen atoms in total. The zero-order valence-corrected chi connectivity index (χ0v) is 5.70. The number of carbonyl (C=O) groups excluding carboxylic acids is 1. The van der Waals surface area contributed by atoms with Crippen LogP contribution < -0.4 is 0 Å². The van der Waals surface area contributed by atoms with Crippen LogP contribution in [0, 0.1) is 17.9 Å². The van der Waals surface area contributed by atoms with Gasteiger partial charge < -0.3 is 4.85 Å². The molecule has 0 saturated heterocycles. The number of imidazole rings is 1. The van der Waals surface area contributed by atoms with Gasteiger partial charge in [0.25, 0.3) is 5.82 Å². The fourth-order valence-electron chi connectivity index (χ4n) is 0.607. The molecule has 0 saturated carbocycles. The summed E-state index contributed by atoms with van der Waals surface area (Å²) < 4.78 is 0. The van der Waals surface area contributed by atoms with Gasteiger partial charge in [0.15, 0.2) is 5.69 Å². The molecule has 56 valence electrons. The molecule has 0 spiro atoms. The molecule has 0 aliphatic heterocycles. The molecule has 12 heavy (non-hydrogen) atoms. The van der Waals surface area contributed by atoms with Crippen molar-refractivity contribution in [1.29, 1.82) is 5.26 Å². The Morgan fingerprint density at radius 2 is 2.50 bits per heavy atom. The number of hydrogen-bond donors (Lipinski definition) is 1. The maximum atomic E-state index is 9.76. The van der Waals surface area contributed by atoms with Crippen LogP contribution >= 0.6 is 0 Å². The number of H-pyrrole nitrogens is 1. The van der Waals surface area contributed by atoms with E-state index >= 15 is 0 Å². The van der Waals surface area contributed by atoms with E-state index in [1.807, 2.05) is 0 Å². The first-order chi connectivity index (χ1) is 5.81. The summed E-state index contributed by atoms with van der Waals surface area (Å²) in [7, 11) is 0. The first-order valence-corrected chi connectivity index (χ1v) is 2.77. The molecule has 1 rings (SSSR count). The topological polar surface area (TPSA) is 86.3 Å². The average Bonchev–Trinajstić information content (AvgIpc) is 2.48. The van der Waals surface area contributed by atoms with E-state index in [-0.39, 0.29) is 17.5 Å². The van der Waals surface area contributed by atoms with Gasteiger partial charge in [-0.05, 0) is 0 Å². The lowest BCUT2D eigenvalue weighted by Crippen LogP contribution is -1.69. The number of isocyanates is 1. The lowest BCUT2D eigenvalue weighted by atomic mass is 10.5. The van der Waals surface area contributed by atoms with Crippen molar-refractivity contribution in [3.63, 3.8) is 0 Å². The van der Waals surface area contributed by atoms with Gasteiger partial charge in [-0.15, -0.1) is 4.99 Å². The second-order valence-electron chi connectivity index (χ2n) is 1.68. The Morgan fingerprint density at radius 1 is 1.75 bits per heavy atom. The SMILES string of the molecule is [C-]#[N+]c1[nH]c(N=C=O)nc1C#N. The number of nitrogens with one attached hydrogen (secondary N) is 1. The number of hydrogen-bond acceptors (Lipinski definition) is 4. The number of nitrogens with zero attached hydrogens (tertiary/aromatic N) is 4. The zero-order valence-electron chi connectivity index (χ0n) is 5.70. The van der Waals surface area contributed by atoms with Crippen molar-refractivity contribution >= 4 is 17.8 Å². The summed E-state index contributed by atoms with van der Waals surface area (Å²) in [4.78, 5) is 21.7. The third-order valence-electron chi connectivity index (χ3n) is 1.04. The lowest BCUT2D eigenvalue weighted by molar-refractivity contribution is 0.565. The quantitative estimate of drug-likeness (QED) is 0.373. The van der Waals surface area contributed by atoms with Crippen LogP contribution in [0.1, 0.15) is 5.69 Å². The van der Waals surface area contributed by atoms with Gasteiger partial charge in [0.05, 0.1) is 0 Å². The fraction of sp³-hybridized carbons (Fsp3) is 0. The minimum absolute atomic E-state index is 0.0218. The van der Waals surface area contributed by atoms with Crippen LogP contribution in [0.15, 0.2) is 4.99 Å². The second kappa shape index (κ2) is 3.11. The molecule has 0 amide bonds. The van der Waals surface area contributed by atoms with Crippen LogP contribution in [-0.2, 0) is 4.79 Å². The number of nitriles is 1.